The third-order valence-corrected chi connectivity index (χ3v) is 7.51. The first-order chi connectivity index (χ1) is 16.2. The van der Waals surface area contributed by atoms with E-state index in [9.17, 15) is 22.8 Å². The molecule has 0 saturated carbocycles. The van der Waals surface area contributed by atoms with Crippen LogP contribution in [0.3, 0.4) is 0 Å². The fourth-order valence-corrected chi connectivity index (χ4v) is 5.04. The lowest BCUT2D eigenvalue weighted by Crippen LogP contribution is -2.47. The third kappa shape index (κ3) is 6.53. The lowest BCUT2D eigenvalue weighted by Gasteiger charge is -2.27. The van der Waals surface area contributed by atoms with E-state index in [-0.39, 0.29) is 35.4 Å². The monoisotopic (exact) mass is 497 g/mol. The summed E-state index contributed by atoms with van der Waals surface area (Å²) in [7, 11) is -3.78. The summed E-state index contributed by atoms with van der Waals surface area (Å²) >= 11 is 0. The number of carbonyl (C=O) groups is 3. The van der Waals surface area contributed by atoms with Crippen LogP contribution in [0.25, 0.3) is 0 Å². The standard InChI is InChI=1S/C22H31N3O8S/c1-16(2)20(22(28)33-15-19(26)24-6-10-31-11-7-24)23-21(27)17-4-3-5-18(14-17)34(29,30)25-8-12-32-13-9-25/h3-5,14,16,20H,6-13,15H2,1-2H3,(H,23,27)/t20-/m0/s1. The number of sulfonamides is 1. The van der Waals surface area contributed by atoms with Gasteiger partial charge in [0.15, 0.2) is 6.61 Å². The Kier molecular flexibility index (Phi) is 9.00. The topological polar surface area (TPSA) is 132 Å². The fourth-order valence-electron chi connectivity index (χ4n) is 3.58. The number of esters is 1. The fraction of sp³-hybridized carbons (Fsp3) is 0.591. The number of hydrogen-bond donors (Lipinski definition) is 1. The highest BCUT2D eigenvalue weighted by atomic mass is 32.2. The summed E-state index contributed by atoms with van der Waals surface area (Å²) in [6.07, 6.45) is 0. The summed E-state index contributed by atoms with van der Waals surface area (Å²) in [4.78, 5) is 39.3. The van der Waals surface area contributed by atoms with E-state index in [0.29, 0.717) is 39.5 Å². The van der Waals surface area contributed by atoms with Crippen LogP contribution in [-0.2, 0) is 33.8 Å². The Bertz CT molecular complexity index is 986. The first-order valence-corrected chi connectivity index (χ1v) is 12.6. The number of hydrogen-bond acceptors (Lipinski definition) is 8. The summed E-state index contributed by atoms with van der Waals surface area (Å²) in [6.45, 7) is 5.88. The van der Waals surface area contributed by atoms with E-state index in [1.807, 2.05) is 0 Å². The van der Waals surface area contributed by atoms with Crippen molar-refractivity contribution in [3.63, 3.8) is 0 Å². The molecular weight excluding hydrogens is 466 g/mol. The van der Waals surface area contributed by atoms with Crippen molar-refractivity contribution >= 4 is 27.8 Å². The molecule has 2 amide bonds. The van der Waals surface area contributed by atoms with Gasteiger partial charge in [-0.3, -0.25) is 9.59 Å². The number of benzene rings is 1. The second-order valence-electron chi connectivity index (χ2n) is 8.34. The number of amides is 2. The van der Waals surface area contributed by atoms with Gasteiger partial charge in [-0.25, -0.2) is 13.2 Å². The molecule has 0 unspecified atom stereocenters. The molecule has 1 N–H and O–H groups in total. The van der Waals surface area contributed by atoms with Gasteiger partial charge in [0, 0.05) is 31.7 Å². The van der Waals surface area contributed by atoms with Gasteiger partial charge in [-0.05, 0) is 24.1 Å². The van der Waals surface area contributed by atoms with Crippen molar-refractivity contribution in [2.24, 2.45) is 5.92 Å². The Balaban J connectivity index is 1.64. The second-order valence-corrected chi connectivity index (χ2v) is 10.3. The van der Waals surface area contributed by atoms with Crippen molar-refractivity contribution in [1.82, 2.24) is 14.5 Å². The number of carbonyl (C=O) groups excluding carboxylic acids is 3. The van der Waals surface area contributed by atoms with Crippen molar-refractivity contribution in [3.8, 4) is 0 Å². The lowest BCUT2D eigenvalue weighted by molar-refractivity contribution is -0.155. The summed E-state index contributed by atoms with van der Waals surface area (Å²) in [6, 6.07) is 4.65. The lowest BCUT2D eigenvalue weighted by atomic mass is 10.0. The number of rotatable bonds is 8. The van der Waals surface area contributed by atoms with Crippen molar-refractivity contribution in [2.45, 2.75) is 24.8 Å². The maximum atomic E-state index is 12.9. The van der Waals surface area contributed by atoms with E-state index < -0.39 is 34.5 Å². The normalized spacial score (nSPS) is 18.4. The average Bonchev–Trinajstić information content (AvgIpc) is 2.86. The minimum Gasteiger partial charge on any atom is -0.454 e. The molecule has 0 bridgehead atoms. The molecule has 188 valence electrons. The number of morpholine rings is 2. The van der Waals surface area contributed by atoms with Gasteiger partial charge in [0.1, 0.15) is 6.04 Å². The average molecular weight is 498 g/mol. The highest BCUT2D eigenvalue weighted by molar-refractivity contribution is 7.89. The maximum absolute atomic E-state index is 12.9. The van der Waals surface area contributed by atoms with Crippen LogP contribution < -0.4 is 5.32 Å². The zero-order valence-corrected chi connectivity index (χ0v) is 20.2. The molecule has 2 aliphatic rings. The van der Waals surface area contributed by atoms with Gasteiger partial charge in [0.2, 0.25) is 10.0 Å². The molecule has 1 atom stereocenters. The molecule has 2 aliphatic heterocycles. The molecule has 0 spiro atoms. The molecule has 1 aromatic carbocycles. The first-order valence-electron chi connectivity index (χ1n) is 11.2. The van der Waals surface area contributed by atoms with Crippen molar-refractivity contribution < 1.29 is 37.0 Å². The quantitative estimate of drug-likeness (QED) is 0.491. The van der Waals surface area contributed by atoms with Gasteiger partial charge in [0.25, 0.3) is 11.8 Å². The van der Waals surface area contributed by atoms with Crippen LogP contribution in [0.5, 0.6) is 0 Å². The molecule has 12 heteroatoms. The molecule has 1 aromatic rings. The first kappa shape index (κ1) is 26.1. The largest absolute Gasteiger partial charge is 0.454 e. The minimum atomic E-state index is -3.78. The Morgan fingerprint density at radius 2 is 1.65 bits per heavy atom. The van der Waals surface area contributed by atoms with Gasteiger partial charge in [-0.2, -0.15) is 4.31 Å². The highest BCUT2D eigenvalue weighted by Crippen LogP contribution is 2.19. The Labute approximate surface area is 199 Å². The van der Waals surface area contributed by atoms with Crippen LogP contribution in [0.1, 0.15) is 24.2 Å². The second kappa shape index (κ2) is 11.7. The Morgan fingerprint density at radius 3 is 2.26 bits per heavy atom. The molecule has 11 nitrogen and oxygen atoms in total. The molecule has 34 heavy (non-hydrogen) atoms. The SMILES string of the molecule is CC(C)[C@H](NC(=O)c1cccc(S(=O)(=O)N2CCOCC2)c1)C(=O)OCC(=O)N1CCOCC1. The van der Waals surface area contributed by atoms with Gasteiger partial charge < -0.3 is 24.4 Å². The maximum Gasteiger partial charge on any atom is 0.329 e. The van der Waals surface area contributed by atoms with Gasteiger partial charge >= 0.3 is 5.97 Å². The van der Waals surface area contributed by atoms with E-state index in [1.54, 1.807) is 18.7 Å². The van der Waals surface area contributed by atoms with Crippen LogP contribution in [0.15, 0.2) is 29.2 Å². The summed E-state index contributed by atoms with van der Waals surface area (Å²) < 4.78 is 42.7. The van der Waals surface area contributed by atoms with E-state index in [0.717, 1.165) is 0 Å². The van der Waals surface area contributed by atoms with Crippen LogP contribution >= 0.6 is 0 Å². The van der Waals surface area contributed by atoms with Gasteiger partial charge in [-0.1, -0.05) is 19.9 Å². The predicted molar refractivity (Wildman–Crippen MR) is 120 cm³/mol. The molecule has 0 aromatic heterocycles. The minimum absolute atomic E-state index is 0.0122. The van der Waals surface area contributed by atoms with Gasteiger partial charge in [0.05, 0.1) is 31.3 Å². The number of ether oxygens (including phenoxy) is 3. The summed E-state index contributed by atoms with van der Waals surface area (Å²) in [5.41, 5.74) is 0.0946. The summed E-state index contributed by atoms with van der Waals surface area (Å²) in [5, 5.41) is 2.61. The van der Waals surface area contributed by atoms with Crippen LogP contribution in [0.2, 0.25) is 0 Å². The smallest absolute Gasteiger partial charge is 0.329 e. The molecular formula is C22H31N3O8S. The van der Waals surface area contributed by atoms with E-state index in [1.165, 1.54) is 28.6 Å². The summed E-state index contributed by atoms with van der Waals surface area (Å²) in [5.74, 6) is -2.00. The van der Waals surface area contributed by atoms with Crippen molar-refractivity contribution in [1.29, 1.82) is 0 Å². The Hall–Kier alpha value is -2.54. The van der Waals surface area contributed by atoms with E-state index >= 15 is 0 Å². The Morgan fingerprint density at radius 1 is 1.03 bits per heavy atom. The van der Waals surface area contributed by atoms with Crippen molar-refractivity contribution in [2.75, 3.05) is 59.2 Å². The third-order valence-electron chi connectivity index (χ3n) is 5.61. The molecule has 2 fully saturated rings. The highest BCUT2D eigenvalue weighted by Gasteiger charge is 2.30. The predicted octanol–water partition coefficient (Wildman–Crippen LogP) is -0.136. The molecule has 3 rings (SSSR count). The van der Waals surface area contributed by atoms with Gasteiger partial charge in [-0.15, -0.1) is 0 Å². The van der Waals surface area contributed by atoms with E-state index in [2.05, 4.69) is 5.32 Å². The van der Waals surface area contributed by atoms with E-state index in [4.69, 9.17) is 14.2 Å². The zero-order valence-electron chi connectivity index (χ0n) is 19.4. The van der Waals surface area contributed by atoms with Crippen LogP contribution in [0, 0.1) is 5.92 Å². The molecule has 0 aliphatic carbocycles. The van der Waals surface area contributed by atoms with Crippen LogP contribution in [-0.4, -0.2) is 101 Å². The van der Waals surface area contributed by atoms with Crippen molar-refractivity contribution in [3.05, 3.63) is 29.8 Å². The number of nitrogens with zero attached hydrogens (tertiary/aromatic N) is 2. The molecule has 0 radical (unpaired) electrons. The number of nitrogens with one attached hydrogen (secondary N) is 1. The molecule has 2 saturated heterocycles. The zero-order chi connectivity index (χ0) is 24.7. The van der Waals surface area contributed by atoms with Crippen LogP contribution in [0.4, 0.5) is 0 Å². The molecule has 2 heterocycles.